The summed E-state index contributed by atoms with van der Waals surface area (Å²) < 4.78 is 7.01. The van der Waals surface area contributed by atoms with Crippen molar-refractivity contribution in [3.05, 3.63) is 71.3 Å². The lowest BCUT2D eigenvalue weighted by Gasteiger charge is -2.35. The third-order valence-corrected chi connectivity index (χ3v) is 5.69. The molecule has 1 saturated heterocycles. The second-order valence-corrected chi connectivity index (χ2v) is 7.71. The van der Waals surface area contributed by atoms with Gasteiger partial charge >= 0.3 is 5.97 Å². The molecule has 1 amide bonds. The van der Waals surface area contributed by atoms with Gasteiger partial charge in [-0.25, -0.2) is 14.8 Å². The van der Waals surface area contributed by atoms with Crippen LogP contribution in [0, 0.1) is 13.8 Å². The van der Waals surface area contributed by atoms with Gasteiger partial charge in [-0.2, -0.15) is 0 Å². The molecule has 0 bridgehead atoms. The van der Waals surface area contributed by atoms with Crippen LogP contribution in [0.4, 0.5) is 5.82 Å². The Hall–Kier alpha value is -3.68. The zero-order chi connectivity index (χ0) is 22.7. The molecule has 166 valence electrons. The third kappa shape index (κ3) is 4.21. The number of pyridine rings is 2. The van der Waals surface area contributed by atoms with Gasteiger partial charge in [0.25, 0.3) is 5.91 Å². The molecule has 3 aromatic rings. The maximum absolute atomic E-state index is 13.2. The molecule has 1 fully saturated rings. The molecule has 4 heterocycles. The predicted octanol–water partition coefficient (Wildman–Crippen LogP) is 3.02. The van der Waals surface area contributed by atoms with Crippen LogP contribution < -0.4 is 4.90 Å². The standard InChI is InChI=1S/C24H27N5O3/c1-4-32-24(31)19-8-9-21(26-16-19)27-11-13-28(14-12-27)23(30)20-15-17(2)29(18(20)3)22-7-5-6-10-25-22/h5-10,15-16H,4,11-14H2,1-3H3. The Labute approximate surface area is 187 Å². The molecule has 0 aliphatic carbocycles. The number of aromatic nitrogens is 3. The van der Waals surface area contributed by atoms with Crippen molar-refractivity contribution < 1.29 is 14.3 Å². The Morgan fingerprint density at radius 1 is 1.00 bits per heavy atom. The highest BCUT2D eigenvalue weighted by molar-refractivity contribution is 5.96. The van der Waals surface area contributed by atoms with Gasteiger partial charge in [-0.3, -0.25) is 4.79 Å². The molecule has 1 aliphatic heterocycles. The predicted molar refractivity (Wildman–Crippen MR) is 121 cm³/mol. The Kier molecular flexibility index (Phi) is 6.20. The van der Waals surface area contributed by atoms with Gasteiger partial charge in [-0.1, -0.05) is 6.07 Å². The van der Waals surface area contributed by atoms with Crippen LogP contribution in [-0.2, 0) is 4.74 Å². The topological polar surface area (TPSA) is 80.6 Å². The number of piperazine rings is 1. The molecule has 0 N–H and O–H groups in total. The van der Waals surface area contributed by atoms with E-state index in [0.29, 0.717) is 43.9 Å². The number of carbonyl (C=O) groups is 2. The van der Waals surface area contributed by atoms with Crippen molar-refractivity contribution in [1.82, 2.24) is 19.4 Å². The maximum atomic E-state index is 13.2. The number of anilines is 1. The van der Waals surface area contributed by atoms with Crippen molar-refractivity contribution in [2.75, 3.05) is 37.7 Å². The first-order valence-corrected chi connectivity index (χ1v) is 10.8. The fourth-order valence-corrected chi connectivity index (χ4v) is 4.04. The zero-order valence-corrected chi connectivity index (χ0v) is 18.6. The summed E-state index contributed by atoms with van der Waals surface area (Å²) in [5.74, 6) is 1.26. The lowest BCUT2D eigenvalue weighted by Crippen LogP contribution is -2.49. The van der Waals surface area contributed by atoms with Gasteiger partial charge in [0.15, 0.2) is 0 Å². The van der Waals surface area contributed by atoms with E-state index in [0.717, 1.165) is 23.0 Å². The first-order chi connectivity index (χ1) is 15.5. The normalized spacial score (nSPS) is 13.8. The van der Waals surface area contributed by atoms with Crippen LogP contribution in [0.1, 0.15) is 39.0 Å². The minimum atomic E-state index is -0.370. The largest absolute Gasteiger partial charge is 0.462 e. The molecule has 32 heavy (non-hydrogen) atoms. The lowest BCUT2D eigenvalue weighted by molar-refractivity contribution is 0.0525. The van der Waals surface area contributed by atoms with Crippen LogP contribution >= 0.6 is 0 Å². The molecule has 0 spiro atoms. The minimum absolute atomic E-state index is 0.0329. The van der Waals surface area contributed by atoms with E-state index in [1.807, 2.05) is 53.6 Å². The van der Waals surface area contributed by atoms with Gasteiger partial charge in [0, 0.05) is 50.0 Å². The van der Waals surface area contributed by atoms with Crippen molar-refractivity contribution in [1.29, 1.82) is 0 Å². The number of nitrogens with zero attached hydrogens (tertiary/aromatic N) is 5. The monoisotopic (exact) mass is 433 g/mol. The number of hydrogen-bond donors (Lipinski definition) is 0. The van der Waals surface area contributed by atoms with E-state index in [9.17, 15) is 9.59 Å². The summed E-state index contributed by atoms with van der Waals surface area (Å²) in [6.07, 6.45) is 3.29. The van der Waals surface area contributed by atoms with E-state index >= 15 is 0 Å². The molecule has 0 saturated carbocycles. The molecule has 0 unspecified atom stereocenters. The fourth-order valence-electron chi connectivity index (χ4n) is 4.04. The molecule has 8 nitrogen and oxygen atoms in total. The highest BCUT2D eigenvalue weighted by atomic mass is 16.5. The van der Waals surface area contributed by atoms with E-state index < -0.39 is 0 Å². The van der Waals surface area contributed by atoms with E-state index in [1.54, 1.807) is 19.2 Å². The summed E-state index contributed by atoms with van der Waals surface area (Å²) in [6, 6.07) is 11.2. The molecular weight excluding hydrogens is 406 g/mol. The smallest absolute Gasteiger partial charge is 0.339 e. The summed E-state index contributed by atoms with van der Waals surface area (Å²) in [4.78, 5) is 37.9. The zero-order valence-electron chi connectivity index (χ0n) is 18.6. The summed E-state index contributed by atoms with van der Waals surface area (Å²) in [6.45, 7) is 8.62. The van der Waals surface area contributed by atoms with Crippen LogP contribution in [0.5, 0.6) is 0 Å². The summed E-state index contributed by atoms with van der Waals surface area (Å²) in [7, 11) is 0. The first kappa shape index (κ1) is 21.5. The number of rotatable bonds is 5. The second kappa shape index (κ2) is 9.21. The Morgan fingerprint density at radius 2 is 1.78 bits per heavy atom. The number of carbonyl (C=O) groups excluding carboxylic acids is 2. The first-order valence-electron chi connectivity index (χ1n) is 10.8. The van der Waals surface area contributed by atoms with Crippen LogP contribution in [0.25, 0.3) is 5.82 Å². The SMILES string of the molecule is CCOC(=O)c1ccc(N2CCN(C(=O)c3cc(C)n(-c4ccccn4)c3C)CC2)nc1. The van der Waals surface area contributed by atoms with Gasteiger partial charge in [0.2, 0.25) is 0 Å². The van der Waals surface area contributed by atoms with Crippen molar-refractivity contribution in [3.8, 4) is 5.82 Å². The van der Waals surface area contributed by atoms with Crippen LogP contribution in [0.3, 0.4) is 0 Å². The summed E-state index contributed by atoms with van der Waals surface area (Å²) >= 11 is 0. The number of esters is 1. The van der Waals surface area contributed by atoms with Gasteiger partial charge < -0.3 is 19.1 Å². The lowest BCUT2D eigenvalue weighted by atomic mass is 10.2. The van der Waals surface area contributed by atoms with Crippen LogP contribution in [0.2, 0.25) is 0 Å². The van der Waals surface area contributed by atoms with E-state index in [-0.39, 0.29) is 11.9 Å². The highest BCUT2D eigenvalue weighted by Gasteiger charge is 2.26. The number of aryl methyl sites for hydroxylation is 1. The molecule has 4 rings (SSSR count). The maximum Gasteiger partial charge on any atom is 0.339 e. The van der Waals surface area contributed by atoms with Gasteiger partial charge in [-0.05, 0) is 51.1 Å². The van der Waals surface area contributed by atoms with E-state index in [1.165, 1.54) is 6.20 Å². The Balaban J connectivity index is 1.43. The van der Waals surface area contributed by atoms with E-state index in [2.05, 4.69) is 14.9 Å². The van der Waals surface area contributed by atoms with Gasteiger partial charge in [-0.15, -0.1) is 0 Å². The van der Waals surface area contributed by atoms with Crippen LogP contribution in [-0.4, -0.2) is 64.1 Å². The number of ether oxygens (including phenoxy) is 1. The quantitative estimate of drug-likeness (QED) is 0.576. The Morgan fingerprint density at radius 3 is 2.41 bits per heavy atom. The number of hydrogen-bond acceptors (Lipinski definition) is 6. The van der Waals surface area contributed by atoms with Gasteiger partial charge in [0.1, 0.15) is 11.6 Å². The average Bonchev–Trinajstić information content (AvgIpc) is 3.13. The van der Waals surface area contributed by atoms with Gasteiger partial charge in [0.05, 0.1) is 17.7 Å². The summed E-state index contributed by atoms with van der Waals surface area (Å²) in [5.41, 5.74) is 3.02. The molecule has 0 atom stereocenters. The van der Waals surface area contributed by atoms with Crippen molar-refractivity contribution >= 4 is 17.7 Å². The van der Waals surface area contributed by atoms with Crippen molar-refractivity contribution in [2.45, 2.75) is 20.8 Å². The Bertz CT molecular complexity index is 1100. The molecule has 3 aromatic heterocycles. The second-order valence-electron chi connectivity index (χ2n) is 7.71. The molecular formula is C24H27N5O3. The average molecular weight is 434 g/mol. The van der Waals surface area contributed by atoms with Crippen molar-refractivity contribution in [2.24, 2.45) is 0 Å². The minimum Gasteiger partial charge on any atom is -0.462 e. The number of amides is 1. The fraction of sp³-hybridized carbons (Fsp3) is 0.333. The third-order valence-electron chi connectivity index (χ3n) is 5.69. The molecule has 8 heteroatoms. The molecule has 1 aliphatic rings. The van der Waals surface area contributed by atoms with E-state index in [4.69, 9.17) is 4.74 Å². The highest BCUT2D eigenvalue weighted by Crippen LogP contribution is 2.22. The molecule has 0 aromatic carbocycles. The summed E-state index contributed by atoms with van der Waals surface area (Å²) in [5, 5.41) is 0. The van der Waals surface area contributed by atoms with Crippen molar-refractivity contribution in [3.63, 3.8) is 0 Å². The molecule has 0 radical (unpaired) electrons. The van der Waals surface area contributed by atoms with Crippen LogP contribution in [0.15, 0.2) is 48.8 Å².